The second kappa shape index (κ2) is 10.9. The number of carboxylic acid groups (broad SMARTS) is 1. The number of benzene rings is 3. The van der Waals surface area contributed by atoms with Crippen molar-refractivity contribution in [2.75, 3.05) is 11.5 Å². The number of ether oxygens (including phenoxy) is 2. The Morgan fingerprint density at radius 3 is 2.60 bits per heavy atom. The lowest BCUT2D eigenvalue weighted by Gasteiger charge is -2.15. The largest absolute Gasteiger partial charge is 0.490 e. The van der Waals surface area contributed by atoms with Crippen molar-refractivity contribution < 1.29 is 24.2 Å². The van der Waals surface area contributed by atoms with Crippen LogP contribution in [0, 0.1) is 0 Å². The van der Waals surface area contributed by atoms with E-state index in [0.29, 0.717) is 50.2 Å². The van der Waals surface area contributed by atoms with Gasteiger partial charge < -0.3 is 14.6 Å². The van der Waals surface area contributed by atoms with E-state index in [9.17, 15) is 14.7 Å². The zero-order valence-electron chi connectivity index (χ0n) is 18.6. The summed E-state index contributed by atoms with van der Waals surface area (Å²) in [6, 6.07) is 19.2. The number of aromatic carboxylic acids is 1. The van der Waals surface area contributed by atoms with Gasteiger partial charge in [0.1, 0.15) is 6.61 Å². The van der Waals surface area contributed by atoms with Gasteiger partial charge in [0.15, 0.2) is 15.8 Å². The fraction of sp³-hybridized carbons (Fsp3) is 0.115. The number of anilines is 1. The molecule has 0 aromatic heterocycles. The smallest absolute Gasteiger partial charge is 0.335 e. The summed E-state index contributed by atoms with van der Waals surface area (Å²) in [5, 5.41) is 9.61. The lowest BCUT2D eigenvalue weighted by atomic mass is 10.1. The molecule has 0 aliphatic carbocycles. The van der Waals surface area contributed by atoms with Crippen molar-refractivity contribution >= 4 is 63.5 Å². The zero-order chi connectivity index (χ0) is 24.9. The number of thiocarbonyl (C=S) groups is 1. The average Bonchev–Trinajstić information content (AvgIpc) is 3.12. The molecule has 0 saturated carbocycles. The topological polar surface area (TPSA) is 76.1 Å². The van der Waals surface area contributed by atoms with Crippen molar-refractivity contribution in [2.24, 2.45) is 0 Å². The van der Waals surface area contributed by atoms with Crippen LogP contribution in [-0.2, 0) is 11.4 Å². The third-order valence-electron chi connectivity index (χ3n) is 5.00. The number of hydrogen-bond donors (Lipinski definition) is 1. The minimum Gasteiger partial charge on any atom is -0.490 e. The van der Waals surface area contributed by atoms with E-state index in [1.165, 1.54) is 17.0 Å². The number of carboxylic acids is 1. The Morgan fingerprint density at radius 1 is 1.11 bits per heavy atom. The summed E-state index contributed by atoms with van der Waals surface area (Å²) in [6.45, 7) is 2.59. The Kier molecular flexibility index (Phi) is 7.75. The van der Waals surface area contributed by atoms with Crippen LogP contribution in [-0.4, -0.2) is 27.9 Å². The lowest BCUT2D eigenvalue weighted by molar-refractivity contribution is -0.113. The number of thioether (sulfide) groups is 1. The van der Waals surface area contributed by atoms with Gasteiger partial charge >= 0.3 is 5.97 Å². The monoisotopic (exact) mass is 525 g/mol. The Morgan fingerprint density at radius 2 is 1.89 bits per heavy atom. The number of nitrogens with zero attached hydrogens (tertiary/aromatic N) is 1. The van der Waals surface area contributed by atoms with Crippen molar-refractivity contribution in [1.82, 2.24) is 0 Å². The zero-order valence-corrected chi connectivity index (χ0v) is 21.0. The summed E-state index contributed by atoms with van der Waals surface area (Å²) in [6.07, 6.45) is 1.68. The van der Waals surface area contributed by atoms with E-state index >= 15 is 0 Å². The summed E-state index contributed by atoms with van der Waals surface area (Å²) >= 11 is 13.1. The van der Waals surface area contributed by atoms with Gasteiger partial charge in [-0.25, -0.2) is 4.79 Å². The molecule has 1 saturated heterocycles. The molecular weight excluding hydrogens is 506 g/mol. The van der Waals surface area contributed by atoms with E-state index in [1.54, 1.807) is 30.3 Å². The van der Waals surface area contributed by atoms with Gasteiger partial charge in [0, 0.05) is 0 Å². The van der Waals surface area contributed by atoms with Crippen LogP contribution in [0.25, 0.3) is 6.08 Å². The SMILES string of the molecule is CCOc1cc(/C=C2\SC(=S)N(c3cccc(C(=O)O)c3)C2=O)cc(Cl)c1OCc1ccccc1. The highest BCUT2D eigenvalue weighted by Crippen LogP contribution is 2.40. The number of amides is 1. The van der Waals surface area contributed by atoms with Crippen molar-refractivity contribution in [1.29, 1.82) is 0 Å². The minimum absolute atomic E-state index is 0.0692. The molecule has 1 fully saturated rings. The van der Waals surface area contributed by atoms with Crippen molar-refractivity contribution in [3.8, 4) is 11.5 Å². The van der Waals surface area contributed by atoms with Crippen molar-refractivity contribution in [2.45, 2.75) is 13.5 Å². The molecule has 1 aliphatic heterocycles. The first kappa shape index (κ1) is 24.8. The Labute approximate surface area is 217 Å². The molecule has 6 nitrogen and oxygen atoms in total. The van der Waals surface area contributed by atoms with Gasteiger partial charge in [-0.05, 0) is 54.5 Å². The summed E-state index contributed by atoms with van der Waals surface area (Å²) in [4.78, 5) is 26.2. The van der Waals surface area contributed by atoms with Crippen LogP contribution < -0.4 is 14.4 Å². The molecule has 9 heteroatoms. The fourth-order valence-corrected chi connectivity index (χ4v) is 5.00. The summed E-state index contributed by atoms with van der Waals surface area (Å²) in [7, 11) is 0. The summed E-state index contributed by atoms with van der Waals surface area (Å²) in [5.41, 5.74) is 2.10. The van der Waals surface area contributed by atoms with E-state index in [0.717, 1.165) is 17.3 Å². The van der Waals surface area contributed by atoms with Gasteiger partial charge in [-0.3, -0.25) is 9.69 Å². The van der Waals surface area contributed by atoms with Crippen molar-refractivity contribution in [3.05, 3.63) is 93.3 Å². The van der Waals surface area contributed by atoms with Gasteiger partial charge in [-0.2, -0.15) is 0 Å². The minimum atomic E-state index is -1.08. The van der Waals surface area contributed by atoms with Gasteiger partial charge in [0.05, 0.1) is 27.8 Å². The van der Waals surface area contributed by atoms with Crippen LogP contribution in [0.4, 0.5) is 5.69 Å². The number of carbonyl (C=O) groups is 2. The number of carbonyl (C=O) groups excluding carboxylic acids is 1. The molecule has 1 aliphatic rings. The first-order valence-electron chi connectivity index (χ1n) is 10.6. The standard InChI is InChI=1S/C26H20ClNO5S2/c1-2-32-21-12-17(11-20(27)23(21)33-15-16-7-4-3-5-8-16)13-22-24(29)28(26(34)35-22)19-10-6-9-18(14-19)25(30)31/h3-14H,2,15H2,1H3,(H,30,31)/b22-13-. The fourth-order valence-electron chi connectivity index (χ4n) is 3.42. The predicted molar refractivity (Wildman–Crippen MR) is 142 cm³/mol. The molecule has 1 N–H and O–H groups in total. The molecular formula is C26H20ClNO5S2. The maximum Gasteiger partial charge on any atom is 0.335 e. The van der Waals surface area contributed by atoms with E-state index in [2.05, 4.69) is 0 Å². The van der Waals surface area contributed by atoms with Crippen LogP contribution in [0.15, 0.2) is 71.6 Å². The summed E-state index contributed by atoms with van der Waals surface area (Å²) in [5.74, 6) is -0.541. The number of hydrogen-bond acceptors (Lipinski definition) is 6. The van der Waals surface area contributed by atoms with Crippen LogP contribution in [0.2, 0.25) is 5.02 Å². The number of rotatable bonds is 8. The molecule has 0 spiro atoms. The first-order chi connectivity index (χ1) is 16.9. The molecule has 3 aromatic carbocycles. The highest BCUT2D eigenvalue weighted by atomic mass is 35.5. The van der Waals surface area contributed by atoms with E-state index in [-0.39, 0.29) is 11.5 Å². The Bertz CT molecular complexity index is 1330. The van der Waals surface area contributed by atoms with E-state index in [1.807, 2.05) is 37.3 Å². The molecule has 1 heterocycles. The normalized spacial score (nSPS) is 14.5. The highest BCUT2D eigenvalue weighted by molar-refractivity contribution is 8.27. The molecule has 4 rings (SSSR count). The van der Waals surface area contributed by atoms with Crippen LogP contribution in [0.1, 0.15) is 28.4 Å². The van der Waals surface area contributed by atoms with Gasteiger partial charge in [0.25, 0.3) is 5.91 Å². The molecule has 1 amide bonds. The quantitative estimate of drug-likeness (QED) is 0.268. The van der Waals surface area contributed by atoms with Gasteiger partial charge in [-0.1, -0.05) is 72.0 Å². The van der Waals surface area contributed by atoms with Gasteiger partial charge in [-0.15, -0.1) is 0 Å². The molecule has 35 heavy (non-hydrogen) atoms. The van der Waals surface area contributed by atoms with Crippen LogP contribution >= 0.6 is 35.6 Å². The Hall–Kier alpha value is -3.33. The predicted octanol–water partition coefficient (Wildman–Crippen LogP) is 6.42. The van der Waals surface area contributed by atoms with Crippen LogP contribution in [0.3, 0.4) is 0 Å². The third-order valence-corrected chi connectivity index (χ3v) is 6.58. The maximum atomic E-state index is 13.1. The molecule has 3 aromatic rings. The molecule has 0 bridgehead atoms. The molecule has 0 radical (unpaired) electrons. The molecule has 0 atom stereocenters. The van der Waals surface area contributed by atoms with Crippen molar-refractivity contribution in [3.63, 3.8) is 0 Å². The summed E-state index contributed by atoms with van der Waals surface area (Å²) < 4.78 is 12.0. The van der Waals surface area contributed by atoms with Crippen LogP contribution in [0.5, 0.6) is 11.5 Å². The average molecular weight is 526 g/mol. The molecule has 178 valence electrons. The van der Waals surface area contributed by atoms with Gasteiger partial charge in [0.2, 0.25) is 0 Å². The highest BCUT2D eigenvalue weighted by Gasteiger charge is 2.33. The number of halogens is 1. The second-order valence-electron chi connectivity index (χ2n) is 7.41. The molecule has 0 unspecified atom stereocenters. The van der Waals surface area contributed by atoms with E-state index in [4.69, 9.17) is 33.3 Å². The van der Waals surface area contributed by atoms with E-state index < -0.39 is 5.97 Å². The maximum absolute atomic E-state index is 13.1. The second-order valence-corrected chi connectivity index (χ2v) is 9.49. The first-order valence-corrected chi connectivity index (χ1v) is 12.2. The lowest BCUT2D eigenvalue weighted by Crippen LogP contribution is -2.27. The Balaban J connectivity index is 1.61. The third kappa shape index (κ3) is 5.67.